The SMILES string of the molecule is O=CNC(C(=O)OCc1ccccc1)c1ccc(F)cc1F. The van der Waals surface area contributed by atoms with E-state index >= 15 is 0 Å². The summed E-state index contributed by atoms with van der Waals surface area (Å²) in [6.45, 7) is -0.0144. The molecule has 2 rings (SSSR count). The molecule has 0 radical (unpaired) electrons. The van der Waals surface area contributed by atoms with E-state index in [0.29, 0.717) is 6.07 Å². The summed E-state index contributed by atoms with van der Waals surface area (Å²) in [6.07, 6.45) is 0.261. The summed E-state index contributed by atoms with van der Waals surface area (Å²) in [5, 5.41) is 2.18. The van der Waals surface area contributed by atoms with Crippen LogP contribution in [0.1, 0.15) is 17.2 Å². The molecule has 1 amide bonds. The topological polar surface area (TPSA) is 55.4 Å². The fraction of sp³-hybridized carbons (Fsp3) is 0.125. The van der Waals surface area contributed by atoms with Gasteiger partial charge in [0, 0.05) is 11.6 Å². The number of hydrogen-bond donors (Lipinski definition) is 1. The fourth-order valence-corrected chi connectivity index (χ4v) is 1.90. The Balaban J connectivity index is 2.13. The zero-order valence-electron chi connectivity index (χ0n) is 11.5. The van der Waals surface area contributed by atoms with E-state index in [4.69, 9.17) is 4.74 Å². The highest BCUT2D eigenvalue weighted by atomic mass is 19.1. The maximum absolute atomic E-state index is 13.7. The van der Waals surface area contributed by atoms with Gasteiger partial charge in [-0.3, -0.25) is 4.79 Å². The summed E-state index contributed by atoms with van der Waals surface area (Å²) in [6, 6.07) is 10.3. The second-order valence-corrected chi connectivity index (χ2v) is 4.48. The van der Waals surface area contributed by atoms with Crippen LogP contribution in [0.4, 0.5) is 8.78 Å². The number of carbonyl (C=O) groups is 2. The third-order valence-corrected chi connectivity index (χ3v) is 2.97. The molecule has 1 atom stereocenters. The molecule has 1 N–H and O–H groups in total. The summed E-state index contributed by atoms with van der Waals surface area (Å²) < 4.78 is 31.7. The van der Waals surface area contributed by atoms with Crippen molar-refractivity contribution < 1.29 is 23.1 Å². The van der Waals surface area contributed by atoms with Gasteiger partial charge in [-0.25, -0.2) is 13.6 Å². The summed E-state index contributed by atoms with van der Waals surface area (Å²) in [7, 11) is 0. The Hall–Kier alpha value is -2.76. The first-order chi connectivity index (χ1) is 10.6. The smallest absolute Gasteiger partial charge is 0.333 e. The lowest BCUT2D eigenvalue weighted by molar-refractivity contribution is -0.148. The highest BCUT2D eigenvalue weighted by Crippen LogP contribution is 2.20. The molecule has 0 saturated carbocycles. The van der Waals surface area contributed by atoms with E-state index in [9.17, 15) is 18.4 Å². The summed E-state index contributed by atoms with van der Waals surface area (Å²) in [5.41, 5.74) is 0.590. The summed E-state index contributed by atoms with van der Waals surface area (Å²) in [5.74, 6) is -2.54. The van der Waals surface area contributed by atoms with Crippen LogP contribution in [0, 0.1) is 11.6 Å². The molecule has 1 unspecified atom stereocenters. The van der Waals surface area contributed by atoms with Crippen LogP contribution in [0.2, 0.25) is 0 Å². The molecule has 0 aliphatic carbocycles. The summed E-state index contributed by atoms with van der Waals surface area (Å²) >= 11 is 0. The van der Waals surface area contributed by atoms with Crippen LogP contribution in [0.15, 0.2) is 48.5 Å². The van der Waals surface area contributed by atoms with Crippen molar-refractivity contribution in [2.75, 3.05) is 0 Å². The van der Waals surface area contributed by atoms with E-state index in [1.807, 2.05) is 6.07 Å². The first-order valence-electron chi connectivity index (χ1n) is 6.47. The number of nitrogens with one attached hydrogen (secondary N) is 1. The molecule has 4 nitrogen and oxygen atoms in total. The van der Waals surface area contributed by atoms with Crippen molar-refractivity contribution in [3.63, 3.8) is 0 Å². The van der Waals surface area contributed by atoms with Gasteiger partial charge in [0.25, 0.3) is 0 Å². The number of halogens is 2. The number of amides is 1. The molecule has 0 aromatic heterocycles. The normalized spacial score (nSPS) is 11.5. The van der Waals surface area contributed by atoms with Gasteiger partial charge < -0.3 is 10.1 Å². The maximum Gasteiger partial charge on any atom is 0.333 e. The second-order valence-electron chi connectivity index (χ2n) is 4.48. The van der Waals surface area contributed by atoms with Gasteiger partial charge in [-0.2, -0.15) is 0 Å². The minimum Gasteiger partial charge on any atom is -0.459 e. The standard InChI is InChI=1S/C16H13F2NO3/c17-12-6-7-13(14(18)8-12)15(19-10-20)16(21)22-9-11-4-2-1-3-5-11/h1-8,10,15H,9H2,(H,19,20). The minimum absolute atomic E-state index is 0.0144. The predicted molar refractivity (Wildman–Crippen MR) is 74.5 cm³/mol. The van der Waals surface area contributed by atoms with Crippen molar-refractivity contribution in [3.8, 4) is 0 Å². The van der Waals surface area contributed by atoms with Crippen LogP contribution < -0.4 is 5.32 Å². The summed E-state index contributed by atoms with van der Waals surface area (Å²) in [4.78, 5) is 22.7. The monoisotopic (exact) mass is 305 g/mol. The molecule has 0 saturated heterocycles. The Morgan fingerprint density at radius 2 is 1.91 bits per heavy atom. The third-order valence-electron chi connectivity index (χ3n) is 2.97. The van der Waals surface area contributed by atoms with Crippen molar-refractivity contribution in [3.05, 3.63) is 71.3 Å². The van der Waals surface area contributed by atoms with Crippen molar-refractivity contribution >= 4 is 12.4 Å². The molecule has 2 aromatic rings. The zero-order valence-corrected chi connectivity index (χ0v) is 11.5. The van der Waals surface area contributed by atoms with Gasteiger partial charge in [-0.05, 0) is 11.6 Å². The van der Waals surface area contributed by atoms with Gasteiger partial charge >= 0.3 is 5.97 Å². The van der Waals surface area contributed by atoms with Crippen LogP contribution >= 0.6 is 0 Å². The van der Waals surface area contributed by atoms with Gasteiger partial charge in [0.05, 0.1) is 0 Å². The Morgan fingerprint density at radius 1 is 1.18 bits per heavy atom. The van der Waals surface area contributed by atoms with Crippen LogP contribution in [-0.2, 0) is 20.9 Å². The molecule has 0 spiro atoms. The van der Waals surface area contributed by atoms with Crippen LogP contribution in [0.5, 0.6) is 0 Å². The van der Waals surface area contributed by atoms with E-state index in [1.165, 1.54) is 0 Å². The van der Waals surface area contributed by atoms with Crippen molar-refractivity contribution in [2.45, 2.75) is 12.6 Å². The van der Waals surface area contributed by atoms with Crippen LogP contribution in [0.25, 0.3) is 0 Å². The lowest BCUT2D eigenvalue weighted by Crippen LogP contribution is -2.30. The molecule has 6 heteroatoms. The molecule has 114 valence electrons. The number of ether oxygens (including phenoxy) is 1. The molecular weight excluding hydrogens is 292 g/mol. The molecular formula is C16H13F2NO3. The molecule has 22 heavy (non-hydrogen) atoms. The van der Waals surface area contributed by atoms with E-state index in [0.717, 1.165) is 17.7 Å². The average Bonchev–Trinajstić information content (AvgIpc) is 2.52. The number of rotatable bonds is 6. The third kappa shape index (κ3) is 3.88. The largest absolute Gasteiger partial charge is 0.459 e. The van der Waals surface area contributed by atoms with Gasteiger partial charge in [-0.1, -0.05) is 36.4 Å². The first-order valence-corrected chi connectivity index (χ1v) is 6.47. The second kappa shape index (κ2) is 7.31. The van der Waals surface area contributed by atoms with Gasteiger partial charge in [-0.15, -0.1) is 0 Å². The maximum atomic E-state index is 13.7. The lowest BCUT2D eigenvalue weighted by atomic mass is 10.1. The predicted octanol–water partition coefficient (Wildman–Crippen LogP) is 2.50. The highest BCUT2D eigenvalue weighted by Gasteiger charge is 2.25. The zero-order chi connectivity index (χ0) is 15.9. The Kier molecular flexibility index (Phi) is 5.19. The van der Waals surface area contributed by atoms with Gasteiger partial charge in [0.15, 0.2) is 6.04 Å². The molecule has 0 aliphatic heterocycles. The van der Waals surface area contributed by atoms with E-state index in [-0.39, 0.29) is 18.6 Å². The fourth-order valence-electron chi connectivity index (χ4n) is 1.90. The Bertz CT molecular complexity index is 662. The highest BCUT2D eigenvalue weighted by molar-refractivity contribution is 5.80. The molecule has 0 fully saturated rings. The molecule has 0 heterocycles. The minimum atomic E-state index is -1.33. The number of benzene rings is 2. The molecule has 0 bridgehead atoms. The van der Waals surface area contributed by atoms with E-state index < -0.39 is 23.6 Å². The van der Waals surface area contributed by atoms with E-state index in [2.05, 4.69) is 5.32 Å². The molecule has 0 aliphatic rings. The quantitative estimate of drug-likeness (QED) is 0.659. The van der Waals surface area contributed by atoms with Crippen molar-refractivity contribution in [1.82, 2.24) is 5.32 Å². The number of esters is 1. The average molecular weight is 305 g/mol. The Morgan fingerprint density at radius 3 is 2.55 bits per heavy atom. The van der Waals surface area contributed by atoms with Gasteiger partial charge in [0.1, 0.15) is 18.2 Å². The lowest BCUT2D eigenvalue weighted by Gasteiger charge is -2.16. The van der Waals surface area contributed by atoms with Crippen LogP contribution in [0.3, 0.4) is 0 Å². The van der Waals surface area contributed by atoms with Gasteiger partial charge in [0.2, 0.25) is 6.41 Å². The number of carbonyl (C=O) groups excluding carboxylic acids is 2. The Labute approximate surface area is 125 Å². The molecule has 2 aromatic carbocycles. The number of hydrogen-bond acceptors (Lipinski definition) is 3. The van der Waals surface area contributed by atoms with Crippen molar-refractivity contribution in [1.29, 1.82) is 0 Å². The first kappa shape index (κ1) is 15.6. The van der Waals surface area contributed by atoms with Crippen LogP contribution in [-0.4, -0.2) is 12.4 Å². The van der Waals surface area contributed by atoms with Crippen molar-refractivity contribution in [2.24, 2.45) is 0 Å². The van der Waals surface area contributed by atoms with E-state index in [1.54, 1.807) is 24.3 Å².